The van der Waals surface area contributed by atoms with Crippen molar-refractivity contribution >= 4 is 27.4 Å². The van der Waals surface area contributed by atoms with E-state index in [2.05, 4.69) is 10.1 Å². The van der Waals surface area contributed by atoms with E-state index in [1.807, 2.05) is 0 Å². The number of methoxy groups -OCH3 is 1. The predicted molar refractivity (Wildman–Crippen MR) is 74.3 cm³/mol. The number of aliphatic hydroxyl groups excluding tert-OH is 1. The van der Waals surface area contributed by atoms with Crippen molar-refractivity contribution < 1.29 is 27.9 Å². The highest BCUT2D eigenvalue weighted by molar-refractivity contribution is 7.90. The van der Waals surface area contributed by atoms with Gasteiger partial charge in [0.05, 0.1) is 18.6 Å². The van der Waals surface area contributed by atoms with Gasteiger partial charge < -0.3 is 20.9 Å². The molecule has 0 radical (unpaired) electrons. The quantitative estimate of drug-likeness (QED) is 0.465. The second-order valence-corrected chi connectivity index (χ2v) is 6.33. The molecular formula is C12H16N2O6S. The predicted octanol–water partition coefficient (Wildman–Crippen LogP) is -1.06. The number of aliphatic hydroxyl groups is 1. The van der Waals surface area contributed by atoms with Crippen molar-refractivity contribution in [2.75, 3.05) is 25.6 Å². The van der Waals surface area contributed by atoms with Crippen LogP contribution < -0.4 is 11.1 Å². The average Bonchev–Trinajstić information content (AvgIpc) is 2.41. The summed E-state index contributed by atoms with van der Waals surface area (Å²) in [5.41, 5.74) is 5.67. The number of esters is 1. The SMILES string of the molecule is COC(=O)C(O)CNC(=O)c1cc(N)cc(S(C)(=O)=O)c1. The maximum absolute atomic E-state index is 11.9. The summed E-state index contributed by atoms with van der Waals surface area (Å²) in [7, 11) is -2.41. The third-order valence-corrected chi connectivity index (χ3v) is 3.64. The Bertz CT molecular complexity index is 656. The number of hydrogen-bond donors (Lipinski definition) is 3. The smallest absolute Gasteiger partial charge is 0.336 e. The van der Waals surface area contributed by atoms with Gasteiger partial charge in [0.15, 0.2) is 15.9 Å². The minimum atomic E-state index is -3.51. The number of nitrogen functional groups attached to an aromatic ring is 1. The molecule has 0 fully saturated rings. The number of nitrogens with one attached hydrogen (secondary N) is 1. The molecule has 1 aromatic rings. The van der Waals surface area contributed by atoms with Gasteiger partial charge in [0.2, 0.25) is 0 Å². The summed E-state index contributed by atoms with van der Waals surface area (Å²) in [6, 6.07) is 3.68. The summed E-state index contributed by atoms with van der Waals surface area (Å²) >= 11 is 0. The minimum Gasteiger partial charge on any atom is -0.467 e. The van der Waals surface area contributed by atoms with Gasteiger partial charge in [-0.3, -0.25) is 4.79 Å². The van der Waals surface area contributed by atoms with Crippen LogP contribution in [0.5, 0.6) is 0 Å². The molecule has 1 atom stereocenters. The normalized spacial score (nSPS) is 12.5. The zero-order valence-corrected chi connectivity index (χ0v) is 12.3. The molecule has 9 heteroatoms. The fourth-order valence-corrected chi connectivity index (χ4v) is 2.17. The highest BCUT2D eigenvalue weighted by Crippen LogP contribution is 2.16. The van der Waals surface area contributed by atoms with Crippen LogP contribution in [-0.4, -0.2) is 51.4 Å². The standard InChI is InChI=1S/C12H16N2O6S/c1-20-12(17)10(15)6-14-11(16)7-3-8(13)5-9(4-7)21(2,18)19/h3-5,10,15H,6,13H2,1-2H3,(H,14,16). The summed E-state index contributed by atoms with van der Waals surface area (Å²) in [5, 5.41) is 11.6. The van der Waals surface area contributed by atoms with Crippen LogP contribution in [0, 0.1) is 0 Å². The number of amides is 1. The molecule has 1 amide bonds. The number of hydrogen-bond acceptors (Lipinski definition) is 7. The second kappa shape index (κ2) is 6.55. The maximum Gasteiger partial charge on any atom is 0.336 e. The number of sulfone groups is 1. The number of rotatable bonds is 5. The molecular weight excluding hydrogens is 300 g/mol. The summed E-state index contributed by atoms with van der Waals surface area (Å²) < 4.78 is 27.2. The Morgan fingerprint density at radius 3 is 2.52 bits per heavy atom. The van der Waals surface area contributed by atoms with Crippen molar-refractivity contribution in [3.8, 4) is 0 Å². The van der Waals surface area contributed by atoms with Crippen molar-refractivity contribution in [3.63, 3.8) is 0 Å². The molecule has 0 heterocycles. The topological polar surface area (TPSA) is 136 Å². The van der Waals surface area contributed by atoms with Crippen LogP contribution in [0.1, 0.15) is 10.4 Å². The van der Waals surface area contributed by atoms with Gasteiger partial charge in [-0.25, -0.2) is 13.2 Å². The van der Waals surface area contributed by atoms with E-state index in [1.165, 1.54) is 12.1 Å². The van der Waals surface area contributed by atoms with Crippen LogP contribution in [0.25, 0.3) is 0 Å². The van der Waals surface area contributed by atoms with Gasteiger partial charge in [-0.15, -0.1) is 0 Å². The number of nitrogens with two attached hydrogens (primary N) is 1. The first kappa shape index (κ1) is 16.9. The van der Waals surface area contributed by atoms with E-state index < -0.39 is 27.8 Å². The lowest BCUT2D eigenvalue weighted by atomic mass is 10.2. The van der Waals surface area contributed by atoms with Crippen LogP contribution in [0.2, 0.25) is 0 Å². The van der Waals surface area contributed by atoms with Gasteiger partial charge in [0.25, 0.3) is 5.91 Å². The molecule has 0 spiro atoms. The van der Waals surface area contributed by atoms with Crippen molar-refractivity contribution in [1.29, 1.82) is 0 Å². The lowest BCUT2D eigenvalue weighted by molar-refractivity contribution is -0.149. The van der Waals surface area contributed by atoms with E-state index in [4.69, 9.17) is 5.73 Å². The molecule has 0 saturated carbocycles. The van der Waals surface area contributed by atoms with Crippen molar-refractivity contribution in [3.05, 3.63) is 23.8 Å². The van der Waals surface area contributed by atoms with Gasteiger partial charge in [0.1, 0.15) is 0 Å². The molecule has 0 saturated heterocycles. The van der Waals surface area contributed by atoms with Gasteiger partial charge in [-0.1, -0.05) is 0 Å². The van der Waals surface area contributed by atoms with E-state index in [0.717, 1.165) is 19.4 Å². The fraction of sp³-hybridized carbons (Fsp3) is 0.333. The largest absolute Gasteiger partial charge is 0.467 e. The van der Waals surface area contributed by atoms with Crippen LogP contribution in [0.4, 0.5) is 5.69 Å². The number of carbonyl (C=O) groups excluding carboxylic acids is 2. The Labute approximate surface area is 121 Å². The first-order chi connectivity index (χ1) is 9.65. The van der Waals surface area contributed by atoms with Crippen LogP contribution >= 0.6 is 0 Å². The van der Waals surface area contributed by atoms with Crippen LogP contribution in [0.3, 0.4) is 0 Å². The summed E-state index contributed by atoms with van der Waals surface area (Å²) in [6.07, 6.45) is -0.515. The van der Waals surface area contributed by atoms with Crippen molar-refractivity contribution in [2.45, 2.75) is 11.0 Å². The molecule has 1 unspecified atom stereocenters. The highest BCUT2D eigenvalue weighted by atomic mass is 32.2. The second-order valence-electron chi connectivity index (χ2n) is 4.31. The lowest BCUT2D eigenvalue weighted by Crippen LogP contribution is -2.37. The van der Waals surface area contributed by atoms with Crippen LogP contribution in [0.15, 0.2) is 23.1 Å². The lowest BCUT2D eigenvalue weighted by Gasteiger charge is -2.11. The van der Waals surface area contributed by atoms with E-state index >= 15 is 0 Å². The zero-order chi connectivity index (χ0) is 16.2. The van der Waals surface area contributed by atoms with Gasteiger partial charge in [-0.2, -0.15) is 0 Å². The molecule has 1 rings (SSSR count). The third-order valence-electron chi connectivity index (χ3n) is 2.55. The maximum atomic E-state index is 11.9. The molecule has 21 heavy (non-hydrogen) atoms. The fourth-order valence-electron chi connectivity index (χ4n) is 1.48. The number of ether oxygens (including phenoxy) is 1. The molecule has 0 aliphatic rings. The zero-order valence-electron chi connectivity index (χ0n) is 11.5. The van der Waals surface area contributed by atoms with Gasteiger partial charge in [0, 0.05) is 17.5 Å². The minimum absolute atomic E-state index is 0.00694. The summed E-state index contributed by atoms with van der Waals surface area (Å²) in [6.45, 7) is -0.367. The first-order valence-electron chi connectivity index (χ1n) is 5.80. The Balaban J connectivity index is 2.89. The Morgan fingerprint density at radius 2 is 2.00 bits per heavy atom. The third kappa shape index (κ3) is 4.72. The molecule has 0 aromatic heterocycles. The number of benzene rings is 1. The molecule has 8 nitrogen and oxygen atoms in total. The Hall–Kier alpha value is -2.13. The number of anilines is 1. The van der Waals surface area contributed by atoms with Crippen molar-refractivity contribution in [1.82, 2.24) is 5.32 Å². The van der Waals surface area contributed by atoms with E-state index in [1.54, 1.807) is 0 Å². The molecule has 116 valence electrons. The van der Waals surface area contributed by atoms with Gasteiger partial charge >= 0.3 is 5.97 Å². The highest BCUT2D eigenvalue weighted by Gasteiger charge is 2.18. The van der Waals surface area contributed by atoms with E-state index in [0.29, 0.717) is 0 Å². The van der Waals surface area contributed by atoms with E-state index in [-0.39, 0.29) is 22.7 Å². The van der Waals surface area contributed by atoms with E-state index in [9.17, 15) is 23.1 Å². The first-order valence-corrected chi connectivity index (χ1v) is 7.69. The Kier molecular flexibility index (Phi) is 5.28. The molecule has 0 bridgehead atoms. The summed E-state index contributed by atoms with van der Waals surface area (Å²) in [5.74, 6) is -1.56. The van der Waals surface area contributed by atoms with Crippen LogP contribution in [-0.2, 0) is 19.4 Å². The molecule has 1 aromatic carbocycles. The molecule has 0 aliphatic carbocycles. The monoisotopic (exact) mass is 316 g/mol. The van der Waals surface area contributed by atoms with Gasteiger partial charge in [-0.05, 0) is 18.2 Å². The van der Waals surface area contributed by atoms with Crippen molar-refractivity contribution in [2.24, 2.45) is 0 Å². The average molecular weight is 316 g/mol. The Morgan fingerprint density at radius 1 is 1.38 bits per heavy atom. The molecule has 4 N–H and O–H groups in total. The molecule has 0 aliphatic heterocycles. The summed E-state index contributed by atoms with van der Waals surface area (Å²) in [4.78, 5) is 22.7. The number of carbonyl (C=O) groups is 2.